The zero-order valence-electron chi connectivity index (χ0n) is 12.2. The Kier molecular flexibility index (Phi) is 4.97. The lowest BCUT2D eigenvalue weighted by atomic mass is 9.90. The zero-order chi connectivity index (χ0) is 14.5. The Labute approximate surface area is 120 Å². The minimum atomic E-state index is -0.457. The molecule has 1 unspecified atom stereocenters. The minimum Gasteiger partial charge on any atom is -0.382 e. The monoisotopic (exact) mass is 275 g/mol. The van der Waals surface area contributed by atoms with Gasteiger partial charge < -0.3 is 10.2 Å². The summed E-state index contributed by atoms with van der Waals surface area (Å²) in [5, 5.41) is 12.3. The molecule has 1 aliphatic heterocycles. The van der Waals surface area contributed by atoms with Crippen molar-refractivity contribution in [1.29, 1.82) is 5.26 Å². The van der Waals surface area contributed by atoms with Crippen LogP contribution < -0.4 is 5.32 Å². The van der Waals surface area contributed by atoms with Crippen molar-refractivity contribution >= 4 is 5.69 Å². The highest BCUT2D eigenvalue weighted by Gasteiger charge is 2.23. The number of nitrogens with one attached hydrogen (secondary N) is 1. The van der Waals surface area contributed by atoms with Crippen LogP contribution in [0.5, 0.6) is 0 Å². The van der Waals surface area contributed by atoms with Gasteiger partial charge in [0.1, 0.15) is 11.9 Å². The molecule has 0 spiro atoms. The molecule has 1 atom stereocenters. The average Bonchev–Trinajstić information content (AvgIpc) is 2.49. The molecule has 1 N–H and O–H groups in total. The van der Waals surface area contributed by atoms with E-state index in [-0.39, 0.29) is 5.56 Å². The van der Waals surface area contributed by atoms with Gasteiger partial charge in [0.2, 0.25) is 0 Å². The summed E-state index contributed by atoms with van der Waals surface area (Å²) in [5.74, 6) is 0.176. The number of hydrogen-bond donors (Lipinski definition) is 1. The van der Waals surface area contributed by atoms with Gasteiger partial charge in [0.15, 0.2) is 0 Å². The van der Waals surface area contributed by atoms with Gasteiger partial charge in [-0.05, 0) is 63.5 Å². The summed E-state index contributed by atoms with van der Waals surface area (Å²) in [6, 6.07) is 6.87. The number of piperidine rings is 1. The Hall–Kier alpha value is -1.60. The molecular weight excluding hydrogens is 253 g/mol. The number of halogens is 1. The fourth-order valence-corrected chi connectivity index (χ4v) is 2.85. The Morgan fingerprint density at radius 3 is 2.75 bits per heavy atom. The van der Waals surface area contributed by atoms with Gasteiger partial charge >= 0.3 is 0 Å². The first kappa shape index (κ1) is 14.8. The summed E-state index contributed by atoms with van der Waals surface area (Å²) >= 11 is 0. The van der Waals surface area contributed by atoms with Gasteiger partial charge in [-0.25, -0.2) is 4.39 Å². The quantitative estimate of drug-likeness (QED) is 0.917. The van der Waals surface area contributed by atoms with E-state index in [1.54, 1.807) is 12.1 Å². The molecule has 0 amide bonds. The molecule has 0 aromatic heterocycles. The van der Waals surface area contributed by atoms with Gasteiger partial charge in [-0.3, -0.25) is 0 Å². The van der Waals surface area contributed by atoms with Gasteiger partial charge in [-0.15, -0.1) is 0 Å². The third kappa shape index (κ3) is 3.49. The Bertz CT molecular complexity index is 487. The standard InChI is InChI=1S/C16H22FN3/c1-3-20-8-6-13(7-9-20)12(2)19-15-4-5-16(17)14(10-15)11-18/h4-5,10,12-13,19H,3,6-9H2,1-2H3. The third-order valence-electron chi connectivity index (χ3n) is 4.27. The van der Waals surface area contributed by atoms with Crippen LogP contribution in [0.4, 0.5) is 10.1 Å². The first-order valence-corrected chi connectivity index (χ1v) is 7.32. The molecule has 0 aliphatic carbocycles. The summed E-state index contributed by atoms with van der Waals surface area (Å²) in [4.78, 5) is 2.47. The molecule has 1 aromatic carbocycles. The predicted molar refractivity (Wildman–Crippen MR) is 79.0 cm³/mol. The summed E-state index contributed by atoms with van der Waals surface area (Å²) < 4.78 is 13.3. The van der Waals surface area contributed by atoms with Gasteiger partial charge in [0, 0.05) is 11.7 Å². The topological polar surface area (TPSA) is 39.1 Å². The summed E-state index contributed by atoms with van der Waals surface area (Å²) in [6.07, 6.45) is 2.38. The van der Waals surface area contributed by atoms with Crippen LogP contribution in [-0.2, 0) is 0 Å². The van der Waals surface area contributed by atoms with E-state index in [0.717, 1.165) is 25.3 Å². The van der Waals surface area contributed by atoms with E-state index < -0.39 is 5.82 Å². The van der Waals surface area contributed by atoms with Crippen molar-refractivity contribution in [3.05, 3.63) is 29.6 Å². The molecule has 20 heavy (non-hydrogen) atoms. The van der Waals surface area contributed by atoms with E-state index in [0.29, 0.717) is 12.0 Å². The number of rotatable bonds is 4. The Balaban J connectivity index is 1.95. The molecule has 0 radical (unpaired) electrons. The van der Waals surface area contributed by atoms with Gasteiger partial charge in [0.25, 0.3) is 0 Å². The van der Waals surface area contributed by atoms with E-state index in [4.69, 9.17) is 5.26 Å². The second-order valence-electron chi connectivity index (χ2n) is 5.51. The molecule has 1 fully saturated rings. The lowest BCUT2D eigenvalue weighted by Gasteiger charge is -2.34. The summed E-state index contributed by atoms with van der Waals surface area (Å²) in [5.41, 5.74) is 0.927. The van der Waals surface area contributed by atoms with Crippen LogP contribution in [0.2, 0.25) is 0 Å². The number of anilines is 1. The van der Waals surface area contributed by atoms with Crippen molar-refractivity contribution in [2.75, 3.05) is 25.0 Å². The highest BCUT2D eigenvalue weighted by molar-refractivity contribution is 5.50. The average molecular weight is 275 g/mol. The maximum Gasteiger partial charge on any atom is 0.141 e. The minimum absolute atomic E-state index is 0.100. The van der Waals surface area contributed by atoms with Crippen LogP contribution in [0.1, 0.15) is 32.3 Å². The van der Waals surface area contributed by atoms with E-state index in [1.807, 2.05) is 6.07 Å². The number of likely N-dealkylation sites (tertiary alicyclic amines) is 1. The van der Waals surface area contributed by atoms with Crippen LogP contribution >= 0.6 is 0 Å². The van der Waals surface area contributed by atoms with Crippen LogP contribution in [0.15, 0.2) is 18.2 Å². The number of nitriles is 1. The predicted octanol–water partition coefficient (Wildman–Crippen LogP) is 3.23. The number of nitrogens with zero attached hydrogens (tertiary/aromatic N) is 2. The van der Waals surface area contributed by atoms with E-state index in [1.165, 1.54) is 18.9 Å². The van der Waals surface area contributed by atoms with Crippen molar-refractivity contribution in [1.82, 2.24) is 4.90 Å². The highest BCUT2D eigenvalue weighted by atomic mass is 19.1. The fraction of sp³-hybridized carbons (Fsp3) is 0.562. The molecule has 4 heteroatoms. The highest BCUT2D eigenvalue weighted by Crippen LogP contribution is 2.24. The van der Waals surface area contributed by atoms with Crippen LogP contribution in [0, 0.1) is 23.1 Å². The zero-order valence-corrected chi connectivity index (χ0v) is 12.2. The van der Waals surface area contributed by atoms with Gasteiger partial charge in [0.05, 0.1) is 5.56 Å². The Morgan fingerprint density at radius 2 is 2.15 bits per heavy atom. The molecule has 0 bridgehead atoms. The van der Waals surface area contributed by atoms with E-state index in [2.05, 4.69) is 24.1 Å². The van der Waals surface area contributed by atoms with Crippen molar-refractivity contribution in [3.63, 3.8) is 0 Å². The van der Waals surface area contributed by atoms with Crippen LogP contribution in [-0.4, -0.2) is 30.6 Å². The second kappa shape index (κ2) is 6.71. The third-order valence-corrected chi connectivity index (χ3v) is 4.27. The van der Waals surface area contributed by atoms with Gasteiger partial charge in [-0.1, -0.05) is 6.92 Å². The molecule has 1 aromatic rings. The van der Waals surface area contributed by atoms with E-state index >= 15 is 0 Å². The lowest BCUT2D eigenvalue weighted by Crippen LogP contribution is -2.39. The largest absolute Gasteiger partial charge is 0.382 e. The molecule has 108 valence electrons. The molecule has 2 rings (SSSR count). The smallest absolute Gasteiger partial charge is 0.141 e. The number of benzene rings is 1. The molecule has 1 aliphatic rings. The molecule has 1 heterocycles. The maximum atomic E-state index is 13.3. The van der Waals surface area contributed by atoms with Crippen LogP contribution in [0.25, 0.3) is 0 Å². The molecule has 0 saturated carbocycles. The lowest BCUT2D eigenvalue weighted by molar-refractivity contribution is 0.183. The van der Waals surface area contributed by atoms with Crippen molar-refractivity contribution in [3.8, 4) is 6.07 Å². The molecular formula is C16H22FN3. The fourth-order valence-electron chi connectivity index (χ4n) is 2.85. The SMILES string of the molecule is CCN1CCC(C(C)Nc2ccc(F)c(C#N)c2)CC1. The first-order chi connectivity index (χ1) is 9.63. The Morgan fingerprint density at radius 1 is 1.45 bits per heavy atom. The van der Waals surface area contributed by atoms with Crippen LogP contribution in [0.3, 0.4) is 0 Å². The van der Waals surface area contributed by atoms with Crippen molar-refractivity contribution < 1.29 is 4.39 Å². The number of hydrogen-bond acceptors (Lipinski definition) is 3. The molecule has 3 nitrogen and oxygen atoms in total. The van der Waals surface area contributed by atoms with E-state index in [9.17, 15) is 4.39 Å². The summed E-state index contributed by atoms with van der Waals surface area (Å²) in [6.45, 7) is 7.80. The van der Waals surface area contributed by atoms with Gasteiger partial charge in [-0.2, -0.15) is 5.26 Å². The first-order valence-electron chi connectivity index (χ1n) is 7.32. The normalized spacial score (nSPS) is 18.5. The summed E-state index contributed by atoms with van der Waals surface area (Å²) in [7, 11) is 0. The van der Waals surface area contributed by atoms with Crippen molar-refractivity contribution in [2.24, 2.45) is 5.92 Å². The maximum absolute atomic E-state index is 13.3. The molecule has 1 saturated heterocycles. The second-order valence-corrected chi connectivity index (χ2v) is 5.51. The van der Waals surface area contributed by atoms with Crippen molar-refractivity contribution in [2.45, 2.75) is 32.7 Å².